The number of carbonyl (C=O) groups excluding carboxylic acids is 1. The standard InChI is InChI=1S/C22H25FN2O2/c1-15-11-13-24(18-9-10-18)21(26)20(15)22(27)25-12-4-2-3-8-19(25)16-6-5-7-17(23)14-16/h5-7,11,13-14,18-19H,2-4,8-10,12H2,1H3. The molecule has 4 nitrogen and oxygen atoms in total. The third kappa shape index (κ3) is 3.55. The Labute approximate surface area is 158 Å². The SMILES string of the molecule is Cc1ccn(C2CC2)c(=O)c1C(=O)N1CCCCCC1c1cccc(F)c1. The van der Waals surface area contributed by atoms with Crippen LogP contribution in [0.15, 0.2) is 41.3 Å². The molecule has 2 heterocycles. The van der Waals surface area contributed by atoms with Crippen molar-refractivity contribution >= 4 is 5.91 Å². The maximum absolute atomic E-state index is 13.8. The molecule has 1 unspecified atom stereocenters. The minimum Gasteiger partial charge on any atom is -0.331 e. The largest absolute Gasteiger partial charge is 0.331 e. The highest BCUT2D eigenvalue weighted by Crippen LogP contribution is 2.34. The molecule has 1 atom stereocenters. The van der Waals surface area contributed by atoms with Crippen LogP contribution in [-0.4, -0.2) is 21.9 Å². The third-order valence-electron chi connectivity index (χ3n) is 5.73. The first kappa shape index (κ1) is 18.0. The van der Waals surface area contributed by atoms with Gasteiger partial charge in [-0.1, -0.05) is 25.0 Å². The van der Waals surface area contributed by atoms with E-state index >= 15 is 0 Å². The number of rotatable bonds is 3. The minimum atomic E-state index is -0.295. The van der Waals surface area contributed by atoms with Gasteiger partial charge in [-0.3, -0.25) is 9.59 Å². The van der Waals surface area contributed by atoms with Gasteiger partial charge in [0.2, 0.25) is 0 Å². The molecule has 1 aromatic carbocycles. The molecule has 1 aromatic heterocycles. The van der Waals surface area contributed by atoms with E-state index in [9.17, 15) is 14.0 Å². The minimum absolute atomic E-state index is 0.190. The van der Waals surface area contributed by atoms with Crippen molar-refractivity contribution in [3.63, 3.8) is 0 Å². The van der Waals surface area contributed by atoms with E-state index in [-0.39, 0.29) is 34.9 Å². The zero-order valence-electron chi connectivity index (χ0n) is 15.7. The van der Waals surface area contributed by atoms with Crippen LogP contribution in [0.25, 0.3) is 0 Å². The Hall–Kier alpha value is -2.43. The predicted octanol–water partition coefficient (Wildman–Crippen LogP) is 4.39. The predicted molar refractivity (Wildman–Crippen MR) is 102 cm³/mol. The van der Waals surface area contributed by atoms with Crippen molar-refractivity contribution in [2.24, 2.45) is 0 Å². The maximum atomic E-state index is 13.8. The number of benzene rings is 1. The van der Waals surface area contributed by atoms with Gasteiger partial charge in [0, 0.05) is 18.8 Å². The van der Waals surface area contributed by atoms with Crippen molar-refractivity contribution in [1.82, 2.24) is 9.47 Å². The summed E-state index contributed by atoms with van der Waals surface area (Å²) in [6.45, 7) is 2.41. The molecular formula is C22H25FN2O2. The first-order chi connectivity index (χ1) is 13.1. The molecule has 0 bridgehead atoms. The van der Waals surface area contributed by atoms with Gasteiger partial charge in [-0.2, -0.15) is 0 Å². The molecule has 1 saturated heterocycles. The number of aromatic nitrogens is 1. The van der Waals surface area contributed by atoms with E-state index in [2.05, 4.69) is 0 Å². The van der Waals surface area contributed by atoms with E-state index in [4.69, 9.17) is 0 Å². The monoisotopic (exact) mass is 368 g/mol. The lowest BCUT2D eigenvalue weighted by atomic mass is 9.99. The van der Waals surface area contributed by atoms with Crippen LogP contribution >= 0.6 is 0 Å². The van der Waals surface area contributed by atoms with Gasteiger partial charge in [0.1, 0.15) is 11.4 Å². The maximum Gasteiger partial charge on any atom is 0.263 e. The van der Waals surface area contributed by atoms with Gasteiger partial charge in [0.05, 0.1) is 6.04 Å². The fourth-order valence-corrected chi connectivity index (χ4v) is 4.10. The van der Waals surface area contributed by atoms with E-state index in [0.717, 1.165) is 44.1 Å². The van der Waals surface area contributed by atoms with E-state index in [1.54, 1.807) is 21.7 Å². The Bertz CT molecular complexity index is 917. The van der Waals surface area contributed by atoms with Gasteiger partial charge in [-0.25, -0.2) is 4.39 Å². The van der Waals surface area contributed by atoms with Crippen LogP contribution in [0.5, 0.6) is 0 Å². The van der Waals surface area contributed by atoms with Gasteiger partial charge in [-0.15, -0.1) is 0 Å². The van der Waals surface area contributed by atoms with Crippen LogP contribution in [0, 0.1) is 12.7 Å². The average Bonchev–Trinajstić information content (AvgIpc) is 3.48. The number of nitrogens with zero attached hydrogens (tertiary/aromatic N) is 2. The molecule has 5 heteroatoms. The normalized spacial score (nSPS) is 20.4. The number of likely N-dealkylation sites (tertiary alicyclic amines) is 1. The highest BCUT2D eigenvalue weighted by atomic mass is 19.1. The summed E-state index contributed by atoms with van der Waals surface area (Å²) >= 11 is 0. The lowest BCUT2D eigenvalue weighted by molar-refractivity contribution is 0.0677. The first-order valence-electron chi connectivity index (χ1n) is 9.84. The molecule has 1 amide bonds. The summed E-state index contributed by atoms with van der Waals surface area (Å²) in [5.74, 6) is -0.514. The Morgan fingerprint density at radius 1 is 1.11 bits per heavy atom. The molecule has 1 saturated carbocycles. The van der Waals surface area contributed by atoms with Crippen molar-refractivity contribution in [2.45, 2.75) is 57.5 Å². The Morgan fingerprint density at radius 3 is 2.67 bits per heavy atom. The zero-order valence-corrected chi connectivity index (χ0v) is 15.7. The van der Waals surface area contributed by atoms with E-state index in [1.165, 1.54) is 12.1 Å². The van der Waals surface area contributed by atoms with Crippen LogP contribution in [0.3, 0.4) is 0 Å². The second-order valence-corrected chi connectivity index (χ2v) is 7.74. The van der Waals surface area contributed by atoms with Gasteiger partial charge < -0.3 is 9.47 Å². The molecule has 2 aromatic rings. The molecule has 1 aliphatic carbocycles. The number of hydrogen-bond donors (Lipinski definition) is 0. The van der Waals surface area contributed by atoms with Gasteiger partial charge in [0.15, 0.2) is 0 Å². The molecule has 2 aliphatic rings. The van der Waals surface area contributed by atoms with Crippen molar-refractivity contribution < 1.29 is 9.18 Å². The summed E-state index contributed by atoms with van der Waals surface area (Å²) in [6.07, 6.45) is 7.51. The fourth-order valence-electron chi connectivity index (χ4n) is 4.10. The van der Waals surface area contributed by atoms with E-state index in [0.29, 0.717) is 12.1 Å². The van der Waals surface area contributed by atoms with Gasteiger partial charge in [0.25, 0.3) is 11.5 Å². The highest BCUT2D eigenvalue weighted by Gasteiger charge is 2.32. The van der Waals surface area contributed by atoms with E-state index in [1.807, 2.05) is 19.1 Å². The molecule has 142 valence electrons. The third-order valence-corrected chi connectivity index (χ3v) is 5.73. The summed E-state index contributed by atoms with van der Waals surface area (Å²) in [4.78, 5) is 28.3. The molecular weight excluding hydrogens is 343 g/mol. The van der Waals surface area contributed by atoms with Gasteiger partial charge in [-0.05, 0) is 61.9 Å². The summed E-state index contributed by atoms with van der Waals surface area (Å²) in [7, 11) is 0. The fraction of sp³-hybridized carbons (Fsp3) is 0.455. The molecule has 4 rings (SSSR count). The topological polar surface area (TPSA) is 42.3 Å². The van der Waals surface area contributed by atoms with Crippen molar-refractivity contribution in [2.75, 3.05) is 6.54 Å². The number of amides is 1. The summed E-state index contributed by atoms with van der Waals surface area (Å²) in [6, 6.07) is 8.39. The van der Waals surface area contributed by atoms with Crippen molar-refractivity contribution in [3.05, 3.63) is 69.4 Å². The van der Waals surface area contributed by atoms with Gasteiger partial charge >= 0.3 is 0 Å². The number of halogens is 1. The zero-order chi connectivity index (χ0) is 19.0. The number of hydrogen-bond acceptors (Lipinski definition) is 2. The van der Waals surface area contributed by atoms with Crippen LogP contribution in [-0.2, 0) is 0 Å². The smallest absolute Gasteiger partial charge is 0.263 e. The van der Waals surface area contributed by atoms with Crippen LogP contribution in [0.2, 0.25) is 0 Å². The Balaban J connectivity index is 1.74. The first-order valence-corrected chi connectivity index (χ1v) is 9.84. The second-order valence-electron chi connectivity index (χ2n) is 7.74. The van der Waals surface area contributed by atoms with Crippen LogP contribution in [0.1, 0.15) is 72.1 Å². The molecule has 1 aliphatic heterocycles. The molecule has 2 fully saturated rings. The number of aryl methyl sites for hydroxylation is 1. The highest BCUT2D eigenvalue weighted by molar-refractivity contribution is 5.95. The summed E-state index contributed by atoms with van der Waals surface area (Å²) in [5.41, 5.74) is 1.60. The second kappa shape index (κ2) is 7.29. The molecule has 0 N–H and O–H groups in total. The van der Waals surface area contributed by atoms with Crippen LogP contribution < -0.4 is 5.56 Å². The summed E-state index contributed by atoms with van der Waals surface area (Å²) < 4.78 is 15.5. The Kier molecular flexibility index (Phi) is 4.85. The van der Waals surface area contributed by atoms with Crippen molar-refractivity contribution in [3.8, 4) is 0 Å². The van der Waals surface area contributed by atoms with E-state index < -0.39 is 0 Å². The van der Waals surface area contributed by atoms with Crippen molar-refractivity contribution in [1.29, 1.82) is 0 Å². The summed E-state index contributed by atoms with van der Waals surface area (Å²) in [5, 5.41) is 0. The number of carbonyl (C=O) groups is 1. The lowest BCUT2D eigenvalue weighted by Gasteiger charge is -2.31. The average molecular weight is 368 g/mol. The lowest BCUT2D eigenvalue weighted by Crippen LogP contribution is -2.39. The molecule has 0 spiro atoms. The molecule has 27 heavy (non-hydrogen) atoms. The quantitative estimate of drug-likeness (QED) is 0.806. The van der Waals surface area contributed by atoms with Crippen LogP contribution in [0.4, 0.5) is 4.39 Å². The number of pyridine rings is 1. The Morgan fingerprint density at radius 2 is 1.93 bits per heavy atom. The molecule has 0 radical (unpaired) electrons.